The predicted octanol–water partition coefficient (Wildman–Crippen LogP) is 5.35. The normalized spacial score (nSPS) is 16.4. The van der Waals surface area contributed by atoms with Crippen LogP contribution in [0.5, 0.6) is 0 Å². The Bertz CT molecular complexity index is 645. The minimum atomic E-state index is -8.40. The van der Waals surface area contributed by atoms with Crippen molar-refractivity contribution in [3.05, 3.63) is 25.3 Å². The highest BCUT2D eigenvalue weighted by atomic mass is 19.4. The Morgan fingerprint density at radius 2 is 0.871 bits per heavy atom. The van der Waals surface area contributed by atoms with E-state index in [2.05, 4.69) is 13.2 Å². The van der Waals surface area contributed by atoms with E-state index in [0.717, 1.165) is 0 Å². The quantitative estimate of drug-likeness (QED) is 0.237. The number of halogens is 15. The van der Waals surface area contributed by atoms with Gasteiger partial charge in [-0.2, -0.15) is 65.9 Å². The zero-order valence-electron chi connectivity index (χ0n) is 14.6. The maximum absolute atomic E-state index is 13.9. The molecule has 1 atom stereocenters. The highest BCUT2D eigenvalue weighted by Gasteiger charge is 2.93. The smallest absolute Gasteiger partial charge is 0.372 e. The third-order valence-corrected chi connectivity index (χ3v) is 3.75. The van der Waals surface area contributed by atoms with Crippen LogP contribution in [0.25, 0.3) is 0 Å². The number of hydrogen-bond acceptors (Lipinski definition) is 2. The van der Waals surface area contributed by atoms with E-state index in [9.17, 15) is 71.0 Å². The van der Waals surface area contributed by atoms with Crippen LogP contribution in [0.2, 0.25) is 0 Å². The number of nitrogens with zero attached hydrogens (tertiary/aromatic N) is 1. The molecule has 2 nitrogen and oxygen atoms in total. The molecule has 0 aliphatic rings. The van der Waals surface area contributed by atoms with Gasteiger partial charge >= 0.3 is 41.7 Å². The molecule has 0 heterocycles. The molecule has 1 unspecified atom stereocenters. The van der Waals surface area contributed by atoms with Crippen molar-refractivity contribution < 1.29 is 71.0 Å². The summed E-state index contributed by atoms with van der Waals surface area (Å²) in [5, 5.41) is 9.26. The molecule has 0 fully saturated rings. The van der Waals surface area contributed by atoms with E-state index in [1.165, 1.54) is 0 Å². The van der Waals surface area contributed by atoms with Gasteiger partial charge in [0, 0.05) is 13.1 Å². The fourth-order valence-electron chi connectivity index (χ4n) is 1.98. The highest BCUT2D eigenvalue weighted by molar-refractivity contribution is 5.14. The average molecular weight is 495 g/mol. The summed E-state index contributed by atoms with van der Waals surface area (Å²) in [5.41, 5.74) is 0. The van der Waals surface area contributed by atoms with Gasteiger partial charge in [0.2, 0.25) is 0 Å². The SMILES string of the molecule is C=CCN(CC=C)C(O)C(F)(F)C(F)(F)C(F)(F)C(F)(F)C(F)(F)C(F)(F)C(F)(F)F. The van der Waals surface area contributed by atoms with E-state index in [-0.39, 0.29) is 4.90 Å². The van der Waals surface area contributed by atoms with Crippen LogP contribution >= 0.6 is 0 Å². The Morgan fingerprint density at radius 1 is 0.581 bits per heavy atom. The Morgan fingerprint density at radius 3 is 1.16 bits per heavy atom. The molecule has 184 valence electrons. The topological polar surface area (TPSA) is 23.5 Å². The second-order valence-electron chi connectivity index (χ2n) is 5.90. The number of aliphatic hydroxyl groups excluding tert-OH is 1. The van der Waals surface area contributed by atoms with Crippen molar-refractivity contribution in [3.63, 3.8) is 0 Å². The van der Waals surface area contributed by atoms with E-state index in [1.54, 1.807) is 0 Å². The van der Waals surface area contributed by atoms with Crippen molar-refractivity contribution in [2.24, 2.45) is 0 Å². The maximum Gasteiger partial charge on any atom is 0.460 e. The van der Waals surface area contributed by atoms with E-state index < -0.39 is 61.0 Å². The van der Waals surface area contributed by atoms with Crippen molar-refractivity contribution in [1.82, 2.24) is 4.90 Å². The molecule has 31 heavy (non-hydrogen) atoms. The van der Waals surface area contributed by atoms with Crippen LogP contribution in [0.3, 0.4) is 0 Å². The molecule has 0 aromatic rings. The van der Waals surface area contributed by atoms with Crippen LogP contribution < -0.4 is 0 Å². The standard InChI is InChI=1S/C14H12F15NO/c1-3-5-30(6-4-2)7(31)8(15,16)9(17,18)10(19,20)11(21,22)12(23,24)13(25,26)14(27,28)29/h3-4,7,31H,1-2,5-6H2. The lowest BCUT2D eigenvalue weighted by Gasteiger charge is -2.43. The van der Waals surface area contributed by atoms with E-state index >= 15 is 0 Å². The van der Waals surface area contributed by atoms with Crippen molar-refractivity contribution in [1.29, 1.82) is 0 Å². The van der Waals surface area contributed by atoms with Crippen molar-refractivity contribution in [2.75, 3.05) is 13.1 Å². The van der Waals surface area contributed by atoms with E-state index in [4.69, 9.17) is 0 Å². The second kappa shape index (κ2) is 8.37. The monoisotopic (exact) mass is 495 g/mol. The van der Waals surface area contributed by atoms with Gasteiger partial charge in [-0.25, -0.2) is 0 Å². The first-order valence-electron chi connectivity index (χ1n) is 7.41. The molecule has 0 bridgehead atoms. The highest BCUT2D eigenvalue weighted by Crippen LogP contribution is 2.62. The summed E-state index contributed by atoms with van der Waals surface area (Å²) in [6.45, 7) is 3.76. The molecule has 0 amide bonds. The van der Waals surface area contributed by atoms with Gasteiger partial charge in [0.05, 0.1) is 0 Å². The average Bonchev–Trinajstić information content (AvgIpc) is 2.58. The molecule has 0 spiro atoms. The van der Waals surface area contributed by atoms with Crippen molar-refractivity contribution in [3.8, 4) is 0 Å². The van der Waals surface area contributed by atoms with Crippen LogP contribution in [0.4, 0.5) is 65.9 Å². The summed E-state index contributed by atoms with van der Waals surface area (Å²) in [6, 6.07) is 0. The first-order chi connectivity index (χ1) is 13.4. The van der Waals surface area contributed by atoms with Gasteiger partial charge in [-0.1, -0.05) is 12.2 Å². The lowest BCUT2D eigenvalue weighted by molar-refractivity contribution is -0.457. The molecule has 0 radical (unpaired) electrons. The van der Waals surface area contributed by atoms with Gasteiger partial charge in [-0.15, -0.1) is 13.2 Å². The Balaban J connectivity index is 6.61. The number of hydrogen-bond donors (Lipinski definition) is 1. The van der Waals surface area contributed by atoms with Gasteiger partial charge in [0.25, 0.3) is 0 Å². The van der Waals surface area contributed by atoms with Crippen LogP contribution in [0.15, 0.2) is 25.3 Å². The summed E-state index contributed by atoms with van der Waals surface area (Å²) < 4.78 is 197. The van der Waals surface area contributed by atoms with Crippen LogP contribution in [0, 0.1) is 0 Å². The zero-order chi connectivity index (χ0) is 25.5. The van der Waals surface area contributed by atoms with Crippen LogP contribution in [-0.2, 0) is 0 Å². The summed E-state index contributed by atoms with van der Waals surface area (Å²) in [5.74, 6) is -47.6. The molecule has 0 aliphatic heterocycles. The summed E-state index contributed by atoms with van der Waals surface area (Å²) in [4.78, 5) is -0.259. The minimum Gasteiger partial charge on any atom is -0.372 e. The molecule has 0 saturated carbocycles. The van der Waals surface area contributed by atoms with Gasteiger partial charge in [0.15, 0.2) is 6.23 Å². The molecule has 1 N–H and O–H groups in total. The molecule has 17 heteroatoms. The molecular formula is C14H12F15NO. The molecule has 0 aliphatic carbocycles. The molecule has 0 aromatic carbocycles. The van der Waals surface area contributed by atoms with Crippen molar-refractivity contribution in [2.45, 2.75) is 47.9 Å². The first-order valence-corrected chi connectivity index (χ1v) is 7.41. The molecule has 0 saturated heterocycles. The Hall–Kier alpha value is -1.65. The number of alkyl halides is 15. The van der Waals surface area contributed by atoms with Crippen LogP contribution in [-0.4, -0.2) is 71.0 Å². The zero-order valence-corrected chi connectivity index (χ0v) is 14.6. The second-order valence-corrected chi connectivity index (χ2v) is 5.90. The lowest BCUT2D eigenvalue weighted by Crippen LogP contribution is -2.74. The number of aliphatic hydroxyl groups is 1. The lowest BCUT2D eigenvalue weighted by atomic mass is 9.90. The maximum atomic E-state index is 13.9. The summed E-state index contributed by atoms with van der Waals surface area (Å²) >= 11 is 0. The van der Waals surface area contributed by atoms with Crippen molar-refractivity contribution >= 4 is 0 Å². The number of rotatable bonds is 11. The first kappa shape index (κ1) is 29.3. The largest absolute Gasteiger partial charge is 0.460 e. The molecule has 0 aromatic heterocycles. The van der Waals surface area contributed by atoms with Gasteiger partial charge < -0.3 is 5.11 Å². The molecular weight excluding hydrogens is 483 g/mol. The minimum absolute atomic E-state index is 0.259. The van der Waals surface area contributed by atoms with Gasteiger partial charge in [0.1, 0.15) is 0 Å². The Kier molecular flexibility index (Phi) is 7.92. The van der Waals surface area contributed by atoms with E-state index in [0.29, 0.717) is 12.2 Å². The summed E-state index contributed by atoms with van der Waals surface area (Å²) in [6.07, 6.45) is -10.6. The summed E-state index contributed by atoms with van der Waals surface area (Å²) in [7, 11) is 0. The van der Waals surface area contributed by atoms with Crippen LogP contribution in [0.1, 0.15) is 0 Å². The predicted molar refractivity (Wildman–Crippen MR) is 73.7 cm³/mol. The molecule has 0 rings (SSSR count). The van der Waals surface area contributed by atoms with Gasteiger partial charge in [-0.05, 0) is 0 Å². The van der Waals surface area contributed by atoms with Gasteiger partial charge in [-0.3, -0.25) is 4.90 Å². The fraction of sp³-hybridized carbons (Fsp3) is 0.714. The third kappa shape index (κ3) is 4.21. The Labute approximate surface area is 163 Å². The third-order valence-electron chi connectivity index (χ3n) is 3.75. The fourth-order valence-corrected chi connectivity index (χ4v) is 1.98. The van der Waals surface area contributed by atoms with E-state index in [1.807, 2.05) is 0 Å².